The standard InChI is InChI=1S/C19H23N3O4S2/c1-21(2)27(23,24)16-9-3-4-10-17(16)28(25,26)22-14-19(11-5-6-12-19)15-8-7-13-20-18(15)22/h3-4,7-10,13H,5-6,11-12,14H2,1-2H3. The van der Waals surface area contributed by atoms with Gasteiger partial charge in [0.1, 0.15) is 15.6 Å². The Morgan fingerprint density at radius 3 is 2.25 bits per heavy atom. The normalized spacial score (nSPS) is 18.8. The number of hydrogen-bond acceptors (Lipinski definition) is 5. The van der Waals surface area contributed by atoms with Gasteiger partial charge < -0.3 is 0 Å². The molecule has 0 saturated heterocycles. The van der Waals surface area contributed by atoms with Crippen LogP contribution in [0.3, 0.4) is 0 Å². The number of sulfonamides is 2. The smallest absolute Gasteiger partial charge is 0.249 e. The van der Waals surface area contributed by atoms with E-state index in [9.17, 15) is 16.8 Å². The molecule has 28 heavy (non-hydrogen) atoms. The van der Waals surface area contributed by atoms with Crippen LogP contribution < -0.4 is 4.31 Å². The van der Waals surface area contributed by atoms with Crippen molar-refractivity contribution >= 4 is 25.9 Å². The third-order valence-corrected chi connectivity index (χ3v) is 9.57. The molecule has 1 aromatic carbocycles. The van der Waals surface area contributed by atoms with Crippen molar-refractivity contribution in [3.05, 3.63) is 48.2 Å². The van der Waals surface area contributed by atoms with Gasteiger partial charge in [-0.05, 0) is 31.0 Å². The van der Waals surface area contributed by atoms with Crippen molar-refractivity contribution < 1.29 is 16.8 Å². The molecule has 150 valence electrons. The van der Waals surface area contributed by atoms with Crippen LogP contribution >= 0.6 is 0 Å². The number of anilines is 1. The van der Waals surface area contributed by atoms with Gasteiger partial charge in [-0.15, -0.1) is 0 Å². The summed E-state index contributed by atoms with van der Waals surface area (Å²) in [5, 5.41) is 0. The van der Waals surface area contributed by atoms with E-state index in [2.05, 4.69) is 4.98 Å². The summed E-state index contributed by atoms with van der Waals surface area (Å²) >= 11 is 0. The fourth-order valence-electron chi connectivity index (χ4n) is 4.31. The molecule has 2 heterocycles. The number of hydrogen-bond donors (Lipinski definition) is 0. The van der Waals surface area contributed by atoms with Crippen molar-refractivity contribution in [2.45, 2.75) is 40.9 Å². The average molecular weight is 422 g/mol. The molecule has 4 rings (SSSR count). The van der Waals surface area contributed by atoms with Crippen LogP contribution in [0, 0.1) is 0 Å². The number of nitrogens with zero attached hydrogens (tertiary/aromatic N) is 3. The van der Waals surface area contributed by atoms with Gasteiger partial charge in [0.2, 0.25) is 10.0 Å². The van der Waals surface area contributed by atoms with E-state index in [1.807, 2.05) is 12.1 Å². The molecule has 0 bridgehead atoms. The van der Waals surface area contributed by atoms with Crippen molar-refractivity contribution in [1.82, 2.24) is 9.29 Å². The Bertz CT molecular complexity index is 1120. The SMILES string of the molecule is CN(C)S(=O)(=O)c1ccccc1S(=O)(=O)N1CC2(CCCC2)c2cccnc21. The first-order valence-electron chi connectivity index (χ1n) is 9.20. The number of pyridine rings is 1. The first-order chi connectivity index (χ1) is 13.2. The van der Waals surface area contributed by atoms with E-state index < -0.39 is 20.0 Å². The fraction of sp³-hybridized carbons (Fsp3) is 0.421. The Morgan fingerprint density at radius 2 is 1.61 bits per heavy atom. The highest BCUT2D eigenvalue weighted by atomic mass is 32.2. The number of aromatic nitrogens is 1. The van der Waals surface area contributed by atoms with Gasteiger partial charge >= 0.3 is 0 Å². The van der Waals surface area contributed by atoms with Crippen LogP contribution in [0.25, 0.3) is 0 Å². The molecule has 0 atom stereocenters. The highest BCUT2D eigenvalue weighted by Gasteiger charge is 2.49. The highest BCUT2D eigenvalue weighted by Crippen LogP contribution is 2.51. The van der Waals surface area contributed by atoms with Crippen molar-refractivity contribution in [2.24, 2.45) is 0 Å². The summed E-state index contributed by atoms with van der Waals surface area (Å²) in [6.07, 6.45) is 5.50. The summed E-state index contributed by atoms with van der Waals surface area (Å²) in [6.45, 7) is 0.304. The summed E-state index contributed by atoms with van der Waals surface area (Å²) in [5.41, 5.74) is 0.718. The average Bonchev–Trinajstić information content (AvgIpc) is 3.28. The van der Waals surface area contributed by atoms with E-state index in [1.165, 1.54) is 36.6 Å². The zero-order chi connectivity index (χ0) is 20.2. The Hall–Kier alpha value is -1.97. The second-order valence-corrected chi connectivity index (χ2v) is 11.6. The summed E-state index contributed by atoms with van der Waals surface area (Å²) in [4.78, 5) is 3.93. The minimum absolute atomic E-state index is 0.213. The van der Waals surface area contributed by atoms with Gasteiger partial charge in [-0.1, -0.05) is 31.0 Å². The lowest BCUT2D eigenvalue weighted by Crippen LogP contribution is -2.36. The molecule has 1 fully saturated rings. The Labute approximate surface area is 166 Å². The Balaban J connectivity index is 1.88. The third kappa shape index (κ3) is 2.75. The first kappa shape index (κ1) is 19.4. The molecule has 0 radical (unpaired) electrons. The summed E-state index contributed by atoms with van der Waals surface area (Å²) in [7, 11) is -5.24. The molecule has 0 unspecified atom stereocenters. The molecule has 1 spiro atoms. The van der Waals surface area contributed by atoms with Gasteiger partial charge in [-0.3, -0.25) is 0 Å². The van der Waals surface area contributed by atoms with Crippen molar-refractivity contribution in [3.8, 4) is 0 Å². The molecule has 1 saturated carbocycles. The fourth-order valence-corrected chi connectivity index (χ4v) is 7.51. The lowest BCUT2D eigenvalue weighted by atomic mass is 9.82. The minimum Gasteiger partial charge on any atom is -0.249 e. The molecule has 7 nitrogen and oxygen atoms in total. The molecule has 0 N–H and O–H groups in total. The predicted octanol–water partition coefficient (Wildman–Crippen LogP) is 2.35. The molecule has 2 aromatic rings. The van der Waals surface area contributed by atoms with Crippen LogP contribution in [0.4, 0.5) is 5.82 Å². The van der Waals surface area contributed by atoms with Crippen LogP contribution in [-0.2, 0) is 25.5 Å². The molecule has 1 aliphatic carbocycles. The second kappa shape index (κ2) is 6.53. The van der Waals surface area contributed by atoms with Gasteiger partial charge in [0.25, 0.3) is 10.0 Å². The lowest BCUT2D eigenvalue weighted by molar-refractivity contribution is 0.476. The number of rotatable bonds is 4. The maximum Gasteiger partial charge on any atom is 0.266 e. The van der Waals surface area contributed by atoms with E-state index in [0.717, 1.165) is 35.6 Å². The second-order valence-electron chi connectivity index (χ2n) is 7.61. The quantitative estimate of drug-likeness (QED) is 0.756. The third-order valence-electron chi connectivity index (χ3n) is 5.78. The Kier molecular flexibility index (Phi) is 4.52. The van der Waals surface area contributed by atoms with Crippen LogP contribution in [0.15, 0.2) is 52.4 Å². The molecule has 0 amide bonds. The number of benzene rings is 1. The van der Waals surface area contributed by atoms with Crippen molar-refractivity contribution in [1.29, 1.82) is 0 Å². The van der Waals surface area contributed by atoms with E-state index in [-0.39, 0.29) is 15.2 Å². The van der Waals surface area contributed by atoms with Gasteiger partial charge in [-0.25, -0.2) is 30.4 Å². The van der Waals surface area contributed by atoms with E-state index in [1.54, 1.807) is 12.3 Å². The van der Waals surface area contributed by atoms with Crippen LogP contribution in [0.2, 0.25) is 0 Å². The monoisotopic (exact) mass is 421 g/mol. The summed E-state index contributed by atoms with van der Waals surface area (Å²) < 4.78 is 55.1. The van der Waals surface area contributed by atoms with Crippen LogP contribution in [0.5, 0.6) is 0 Å². The van der Waals surface area contributed by atoms with E-state index in [4.69, 9.17) is 0 Å². The summed E-state index contributed by atoms with van der Waals surface area (Å²) in [6, 6.07) is 9.55. The first-order valence-corrected chi connectivity index (χ1v) is 12.1. The molecule has 2 aliphatic rings. The van der Waals surface area contributed by atoms with Gasteiger partial charge in [0.15, 0.2) is 0 Å². The maximum atomic E-state index is 13.6. The topological polar surface area (TPSA) is 87.7 Å². The lowest BCUT2D eigenvalue weighted by Gasteiger charge is -2.25. The maximum absolute atomic E-state index is 13.6. The molecule has 9 heteroatoms. The minimum atomic E-state index is -4.10. The molecular weight excluding hydrogens is 398 g/mol. The zero-order valence-electron chi connectivity index (χ0n) is 15.9. The molecule has 1 aromatic heterocycles. The van der Waals surface area contributed by atoms with Crippen molar-refractivity contribution in [2.75, 3.05) is 24.9 Å². The summed E-state index contributed by atoms with van der Waals surface area (Å²) in [5.74, 6) is 0.418. The van der Waals surface area contributed by atoms with E-state index >= 15 is 0 Å². The van der Waals surface area contributed by atoms with Crippen LogP contribution in [0.1, 0.15) is 31.2 Å². The molecule has 1 aliphatic heterocycles. The highest BCUT2D eigenvalue weighted by molar-refractivity contribution is 7.94. The van der Waals surface area contributed by atoms with Crippen molar-refractivity contribution in [3.63, 3.8) is 0 Å². The molecular formula is C19H23N3O4S2. The van der Waals surface area contributed by atoms with Gasteiger partial charge in [0.05, 0.1) is 0 Å². The number of fused-ring (bicyclic) bond motifs is 2. The van der Waals surface area contributed by atoms with Crippen LogP contribution in [-0.4, -0.2) is 46.8 Å². The van der Waals surface area contributed by atoms with E-state index in [0.29, 0.717) is 12.4 Å². The zero-order valence-corrected chi connectivity index (χ0v) is 17.5. The predicted molar refractivity (Wildman–Crippen MR) is 106 cm³/mol. The van der Waals surface area contributed by atoms with Gasteiger partial charge in [-0.2, -0.15) is 0 Å². The van der Waals surface area contributed by atoms with Gasteiger partial charge in [0, 0.05) is 37.8 Å². The largest absolute Gasteiger partial charge is 0.266 e. The Morgan fingerprint density at radius 1 is 0.964 bits per heavy atom.